The summed E-state index contributed by atoms with van der Waals surface area (Å²) < 4.78 is 5.59. The smallest absolute Gasteiger partial charge is 0.128 e. The molecule has 2 bridgehead atoms. The van der Waals surface area contributed by atoms with Gasteiger partial charge in [-0.25, -0.2) is 0 Å². The first kappa shape index (κ1) is 28.4. The normalized spacial score (nSPS) is 24.0. The molecule has 5 nitrogen and oxygen atoms in total. The van der Waals surface area contributed by atoms with Crippen LogP contribution < -0.4 is 4.74 Å². The highest BCUT2D eigenvalue weighted by Crippen LogP contribution is 2.44. The highest BCUT2D eigenvalue weighted by Gasteiger charge is 2.42. The SMILES string of the molecule is C=C[C@H]1CN2CC[C@H]1C[C@@H]2C(N=Cc1cc(C(C)(C)C)cc(C(C)(C)C)c1O)c1ccnc2ccc(OC)cc12. The Balaban J connectivity index is 1.66. The maximum absolute atomic E-state index is 11.5. The molecular weight excluding hydrogens is 494 g/mol. The number of aliphatic imine (C=N–C) groups is 1. The highest BCUT2D eigenvalue weighted by molar-refractivity contribution is 5.87. The minimum atomic E-state index is -0.195. The molecule has 3 saturated heterocycles. The van der Waals surface area contributed by atoms with Gasteiger partial charge in [-0.3, -0.25) is 14.9 Å². The molecule has 0 saturated carbocycles. The first-order valence-electron chi connectivity index (χ1n) is 14.6. The predicted octanol–water partition coefficient (Wildman–Crippen LogP) is 7.60. The highest BCUT2D eigenvalue weighted by atomic mass is 16.5. The van der Waals surface area contributed by atoms with E-state index in [0.29, 0.717) is 17.6 Å². The van der Waals surface area contributed by atoms with Crippen LogP contribution in [0.1, 0.15) is 82.7 Å². The maximum Gasteiger partial charge on any atom is 0.128 e. The Morgan fingerprint density at radius 2 is 1.88 bits per heavy atom. The Labute approximate surface area is 240 Å². The van der Waals surface area contributed by atoms with Crippen molar-refractivity contribution in [2.45, 2.75) is 77.3 Å². The maximum atomic E-state index is 11.5. The molecule has 1 N–H and O–H groups in total. The van der Waals surface area contributed by atoms with Gasteiger partial charge in [-0.15, -0.1) is 6.58 Å². The van der Waals surface area contributed by atoms with Gasteiger partial charge in [-0.05, 0) is 83.5 Å². The molecule has 0 radical (unpaired) electrons. The van der Waals surface area contributed by atoms with Gasteiger partial charge in [0.05, 0.1) is 18.7 Å². The lowest BCUT2D eigenvalue weighted by molar-refractivity contribution is 0.00796. The van der Waals surface area contributed by atoms with Crippen molar-refractivity contribution in [1.29, 1.82) is 0 Å². The number of phenols is 1. The predicted molar refractivity (Wildman–Crippen MR) is 166 cm³/mol. The molecule has 40 heavy (non-hydrogen) atoms. The number of phenolic OH excluding ortho intramolecular Hbond substituents is 1. The molecule has 0 amide bonds. The van der Waals surface area contributed by atoms with E-state index in [0.717, 1.165) is 52.9 Å². The molecule has 5 atom stereocenters. The van der Waals surface area contributed by atoms with Crippen molar-refractivity contribution in [3.63, 3.8) is 0 Å². The summed E-state index contributed by atoms with van der Waals surface area (Å²) in [6, 6.07) is 12.6. The number of ether oxygens (including phenoxy) is 1. The molecule has 1 aromatic heterocycles. The summed E-state index contributed by atoms with van der Waals surface area (Å²) >= 11 is 0. The van der Waals surface area contributed by atoms with Crippen molar-refractivity contribution >= 4 is 17.1 Å². The van der Waals surface area contributed by atoms with Crippen molar-refractivity contribution in [2.24, 2.45) is 16.8 Å². The van der Waals surface area contributed by atoms with Crippen LogP contribution in [0.4, 0.5) is 0 Å². The molecule has 212 valence electrons. The molecule has 4 heterocycles. The molecule has 3 aliphatic rings. The fraction of sp³-hybridized carbons (Fsp3) is 0.486. The number of rotatable bonds is 6. The molecule has 3 fully saturated rings. The van der Waals surface area contributed by atoms with Crippen molar-refractivity contribution < 1.29 is 9.84 Å². The van der Waals surface area contributed by atoms with E-state index >= 15 is 0 Å². The van der Waals surface area contributed by atoms with E-state index < -0.39 is 0 Å². The van der Waals surface area contributed by atoms with Gasteiger partial charge in [0.1, 0.15) is 11.5 Å². The van der Waals surface area contributed by atoms with Gasteiger partial charge in [0.15, 0.2) is 0 Å². The molecule has 0 spiro atoms. The standard InChI is InChI=1S/C35H45N3O2/c1-9-22-21-38-15-13-23(22)17-31(38)32(27-12-14-36-30-11-10-26(40-8)19-28(27)30)37-20-24-16-25(34(2,3)4)18-29(33(24)39)35(5,6)7/h9-12,14,16,18-20,22-23,31-32,39H,1,13,15,17,21H2,2-8H3/t22-,23-,31+,32?/m0/s1. The van der Waals surface area contributed by atoms with Crippen LogP contribution in [0, 0.1) is 11.8 Å². The second-order valence-electron chi connectivity index (χ2n) is 13.7. The second kappa shape index (κ2) is 10.7. The monoisotopic (exact) mass is 539 g/mol. The average molecular weight is 540 g/mol. The van der Waals surface area contributed by atoms with E-state index in [4.69, 9.17) is 9.73 Å². The topological polar surface area (TPSA) is 58.0 Å². The van der Waals surface area contributed by atoms with Crippen LogP contribution in [0.25, 0.3) is 10.9 Å². The zero-order valence-corrected chi connectivity index (χ0v) is 25.2. The molecular formula is C35H45N3O2. The lowest BCUT2D eigenvalue weighted by atomic mass is 9.73. The van der Waals surface area contributed by atoms with Gasteiger partial charge in [0.2, 0.25) is 0 Å². The number of aromatic nitrogens is 1. The summed E-state index contributed by atoms with van der Waals surface area (Å²) in [6.45, 7) is 19.3. The van der Waals surface area contributed by atoms with Crippen molar-refractivity contribution in [1.82, 2.24) is 9.88 Å². The van der Waals surface area contributed by atoms with Crippen LogP contribution in [-0.4, -0.2) is 47.4 Å². The van der Waals surface area contributed by atoms with Crippen LogP contribution in [0.5, 0.6) is 11.5 Å². The number of nitrogens with zero attached hydrogens (tertiary/aromatic N) is 3. The lowest BCUT2D eigenvalue weighted by Gasteiger charge is -2.51. The second-order valence-corrected chi connectivity index (χ2v) is 13.7. The first-order valence-corrected chi connectivity index (χ1v) is 14.6. The van der Waals surface area contributed by atoms with Crippen LogP contribution in [-0.2, 0) is 10.8 Å². The third-order valence-corrected chi connectivity index (χ3v) is 9.01. The Bertz CT molecular complexity index is 1430. The Hall–Kier alpha value is -3.18. The summed E-state index contributed by atoms with van der Waals surface area (Å²) in [6.07, 6.45) is 8.24. The van der Waals surface area contributed by atoms with Crippen molar-refractivity contribution in [3.05, 3.63) is 77.5 Å². The number of pyridine rings is 1. The number of benzene rings is 2. The summed E-state index contributed by atoms with van der Waals surface area (Å²) in [7, 11) is 1.70. The average Bonchev–Trinajstić information content (AvgIpc) is 2.92. The Morgan fingerprint density at radius 3 is 2.50 bits per heavy atom. The zero-order chi connectivity index (χ0) is 28.8. The van der Waals surface area contributed by atoms with E-state index in [9.17, 15) is 5.11 Å². The van der Waals surface area contributed by atoms with Crippen LogP contribution in [0.2, 0.25) is 0 Å². The van der Waals surface area contributed by atoms with E-state index in [1.54, 1.807) is 7.11 Å². The molecule has 5 heteroatoms. The number of piperidine rings is 3. The van der Waals surface area contributed by atoms with Crippen LogP contribution >= 0.6 is 0 Å². The van der Waals surface area contributed by atoms with E-state index in [-0.39, 0.29) is 22.9 Å². The molecule has 3 aliphatic heterocycles. The zero-order valence-electron chi connectivity index (χ0n) is 25.2. The number of fused-ring (bicyclic) bond motifs is 4. The van der Waals surface area contributed by atoms with Gasteiger partial charge in [-0.1, -0.05) is 53.7 Å². The third kappa shape index (κ3) is 5.41. The van der Waals surface area contributed by atoms with E-state index in [1.165, 1.54) is 12.0 Å². The summed E-state index contributed by atoms with van der Waals surface area (Å²) in [5.41, 5.74) is 4.76. The van der Waals surface area contributed by atoms with Crippen LogP contribution in [0.3, 0.4) is 0 Å². The summed E-state index contributed by atoms with van der Waals surface area (Å²) in [4.78, 5) is 12.6. The first-order chi connectivity index (χ1) is 18.9. The Morgan fingerprint density at radius 1 is 1.10 bits per heavy atom. The van der Waals surface area contributed by atoms with E-state index in [1.807, 2.05) is 24.5 Å². The quantitative estimate of drug-likeness (QED) is 0.259. The lowest BCUT2D eigenvalue weighted by Crippen LogP contribution is -2.54. The number of hydrogen-bond donors (Lipinski definition) is 1. The van der Waals surface area contributed by atoms with Gasteiger partial charge in [0, 0.05) is 41.5 Å². The largest absolute Gasteiger partial charge is 0.507 e. The van der Waals surface area contributed by atoms with Crippen LogP contribution in [0.15, 0.2) is 60.2 Å². The minimum Gasteiger partial charge on any atom is -0.507 e. The molecule has 2 unspecified atom stereocenters. The van der Waals surface area contributed by atoms with Gasteiger partial charge >= 0.3 is 0 Å². The van der Waals surface area contributed by atoms with Gasteiger partial charge < -0.3 is 9.84 Å². The minimum absolute atomic E-state index is 0.0541. The third-order valence-electron chi connectivity index (χ3n) is 9.01. The summed E-state index contributed by atoms with van der Waals surface area (Å²) in [5, 5.41) is 12.5. The number of methoxy groups -OCH3 is 1. The Kier molecular flexibility index (Phi) is 7.56. The molecule has 2 aromatic carbocycles. The fourth-order valence-corrected chi connectivity index (χ4v) is 6.54. The van der Waals surface area contributed by atoms with Gasteiger partial charge in [0.25, 0.3) is 0 Å². The molecule has 3 aromatic rings. The summed E-state index contributed by atoms with van der Waals surface area (Å²) in [5.74, 6) is 2.29. The number of aromatic hydroxyl groups is 1. The molecule has 6 rings (SSSR count). The van der Waals surface area contributed by atoms with Crippen molar-refractivity contribution in [2.75, 3.05) is 20.2 Å². The van der Waals surface area contributed by atoms with E-state index in [2.05, 4.69) is 88.3 Å². The molecule has 0 aliphatic carbocycles. The van der Waals surface area contributed by atoms with Crippen molar-refractivity contribution in [3.8, 4) is 11.5 Å². The van der Waals surface area contributed by atoms with Gasteiger partial charge in [-0.2, -0.15) is 0 Å². The number of hydrogen-bond acceptors (Lipinski definition) is 5. The fourth-order valence-electron chi connectivity index (χ4n) is 6.54.